The lowest BCUT2D eigenvalue weighted by molar-refractivity contribution is 0.380. The van der Waals surface area contributed by atoms with Crippen LogP contribution in [0.4, 0.5) is 0 Å². The maximum atomic E-state index is 12.2. The molecule has 0 aliphatic carbocycles. The van der Waals surface area contributed by atoms with Crippen molar-refractivity contribution in [2.45, 2.75) is 13.0 Å². The van der Waals surface area contributed by atoms with Crippen LogP contribution in [0.25, 0.3) is 11.2 Å². The molecule has 0 saturated carbocycles. The minimum Gasteiger partial charge on any atom is -0.324 e. The number of hydrogen-bond donors (Lipinski definition) is 1. The van der Waals surface area contributed by atoms with Gasteiger partial charge in [0.15, 0.2) is 17.0 Å². The van der Waals surface area contributed by atoms with Gasteiger partial charge in [0.1, 0.15) is 0 Å². The third kappa shape index (κ3) is 2.00. The highest BCUT2D eigenvalue weighted by atomic mass is 16.5. The SMILES string of the molecule is Cn1c(=O)c2c(ncn2CCc2noc(=O)[nH]2)n(C)c1=O. The molecule has 0 bridgehead atoms. The Hall–Kier alpha value is -2.91. The van der Waals surface area contributed by atoms with Gasteiger partial charge in [0, 0.05) is 27.1 Å². The van der Waals surface area contributed by atoms with E-state index in [-0.39, 0.29) is 0 Å². The van der Waals surface area contributed by atoms with Gasteiger partial charge in [-0.25, -0.2) is 14.6 Å². The lowest BCUT2D eigenvalue weighted by Crippen LogP contribution is -2.37. The minimum atomic E-state index is -0.626. The van der Waals surface area contributed by atoms with E-state index in [0.717, 1.165) is 4.57 Å². The number of hydrogen-bond acceptors (Lipinski definition) is 6. The monoisotopic (exact) mass is 292 g/mol. The summed E-state index contributed by atoms with van der Waals surface area (Å²) < 4.78 is 8.35. The molecule has 0 spiro atoms. The summed E-state index contributed by atoms with van der Waals surface area (Å²) >= 11 is 0. The quantitative estimate of drug-likeness (QED) is 0.617. The minimum absolute atomic E-state index is 0.316. The van der Waals surface area contributed by atoms with E-state index in [4.69, 9.17) is 0 Å². The molecule has 0 aliphatic rings. The number of aromatic amines is 1. The van der Waals surface area contributed by atoms with E-state index in [1.165, 1.54) is 17.9 Å². The van der Waals surface area contributed by atoms with Crippen LogP contribution in [0.2, 0.25) is 0 Å². The Bertz CT molecular complexity index is 985. The van der Waals surface area contributed by atoms with Gasteiger partial charge in [-0.1, -0.05) is 5.16 Å². The number of nitrogens with one attached hydrogen (secondary N) is 1. The van der Waals surface area contributed by atoms with Crippen molar-refractivity contribution in [3.05, 3.63) is 43.5 Å². The first-order chi connectivity index (χ1) is 9.99. The predicted octanol–water partition coefficient (Wildman–Crippen LogP) is -1.65. The fourth-order valence-electron chi connectivity index (χ4n) is 2.16. The molecule has 0 saturated heterocycles. The molecule has 110 valence electrons. The van der Waals surface area contributed by atoms with Crippen molar-refractivity contribution in [2.24, 2.45) is 14.1 Å². The molecule has 0 fully saturated rings. The third-order valence-corrected chi connectivity index (χ3v) is 3.29. The first kappa shape index (κ1) is 13.1. The van der Waals surface area contributed by atoms with Crippen molar-refractivity contribution < 1.29 is 4.52 Å². The first-order valence-corrected chi connectivity index (χ1v) is 6.14. The molecular formula is C11H12N6O4. The summed E-state index contributed by atoms with van der Waals surface area (Å²) in [6.07, 6.45) is 1.84. The Morgan fingerprint density at radius 1 is 1.24 bits per heavy atom. The topological polar surface area (TPSA) is 121 Å². The Balaban J connectivity index is 2.06. The van der Waals surface area contributed by atoms with Gasteiger partial charge in [-0.15, -0.1) is 0 Å². The van der Waals surface area contributed by atoms with Gasteiger partial charge in [-0.05, 0) is 0 Å². The Labute approximate surface area is 116 Å². The normalized spacial score (nSPS) is 11.3. The van der Waals surface area contributed by atoms with E-state index in [0.29, 0.717) is 30.0 Å². The summed E-state index contributed by atoms with van der Waals surface area (Å²) in [5.74, 6) is -0.248. The van der Waals surface area contributed by atoms with Crippen LogP contribution in [-0.4, -0.2) is 28.8 Å². The van der Waals surface area contributed by atoms with Gasteiger partial charge in [0.05, 0.1) is 6.33 Å². The van der Waals surface area contributed by atoms with Gasteiger partial charge in [0.25, 0.3) is 5.56 Å². The summed E-state index contributed by atoms with van der Waals surface area (Å²) in [6, 6.07) is 0. The highest BCUT2D eigenvalue weighted by Gasteiger charge is 2.14. The molecule has 0 amide bonds. The molecule has 3 aromatic heterocycles. The average Bonchev–Trinajstić information content (AvgIpc) is 3.06. The average molecular weight is 292 g/mol. The van der Waals surface area contributed by atoms with Gasteiger partial charge >= 0.3 is 11.4 Å². The molecule has 1 N–H and O–H groups in total. The van der Waals surface area contributed by atoms with E-state index in [1.807, 2.05) is 0 Å². The van der Waals surface area contributed by atoms with Gasteiger partial charge in [0.2, 0.25) is 0 Å². The molecule has 10 heteroatoms. The number of aromatic nitrogens is 6. The Kier molecular flexibility index (Phi) is 2.85. The molecule has 3 heterocycles. The summed E-state index contributed by atoms with van der Waals surface area (Å²) in [5.41, 5.74) is -0.208. The Morgan fingerprint density at radius 3 is 2.67 bits per heavy atom. The number of nitrogens with zero attached hydrogens (tertiary/aromatic N) is 5. The van der Waals surface area contributed by atoms with Crippen LogP contribution in [0.1, 0.15) is 5.82 Å². The largest absolute Gasteiger partial charge is 0.438 e. The van der Waals surface area contributed by atoms with E-state index in [1.54, 1.807) is 11.6 Å². The van der Waals surface area contributed by atoms with Crippen LogP contribution in [0.3, 0.4) is 0 Å². The first-order valence-electron chi connectivity index (χ1n) is 6.14. The molecular weight excluding hydrogens is 280 g/mol. The lowest BCUT2D eigenvalue weighted by atomic mass is 10.4. The summed E-state index contributed by atoms with van der Waals surface area (Å²) in [5, 5.41) is 3.55. The van der Waals surface area contributed by atoms with Crippen molar-refractivity contribution in [2.75, 3.05) is 0 Å². The van der Waals surface area contributed by atoms with Crippen molar-refractivity contribution in [3.63, 3.8) is 0 Å². The second kappa shape index (κ2) is 4.58. The lowest BCUT2D eigenvalue weighted by Gasteiger charge is -2.05. The molecule has 0 radical (unpaired) electrons. The zero-order valence-corrected chi connectivity index (χ0v) is 11.4. The molecule has 0 atom stereocenters. The fourth-order valence-corrected chi connectivity index (χ4v) is 2.16. The third-order valence-electron chi connectivity index (χ3n) is 3.29. The number of fused-ring (bicyclic) bond motifs is 1. The maximum Gasteiger partial charge on any atom is 0.438 e. The van der Waals surface area contributed by atoms with Gasteiger partial charge in [-0.2, -0.15) is 0 Å². The standard InChI is InChI=1S/C11H12N6O4/c1-15-8-7(9(18)16(2)11(15)20)17(5-12-8)4-3-6-13-10(19)21-14-6/h5H,3-4H2,1-2H3,(H,13,14,19). The maximum absolute atomic E-state index is 12.2. The smallest absolute Gasteiger partial charge is 0.324 e. The second-order valence-electron chi connectivity index (χ2n) is 4.61. The van der Waals surface area contributed by atoms with E-state index in [2.05, 4.69) is 19.6 Å². The number of aryl methyl sites for hydroxylation is 3. The summed E-state index contributed by atoms with van der Waals surface area (Å²) in [4.78, 5) is 41.4. The van der Waals surface area contributed by atoms with E-state index in [9.17, 15) is 14.4 Å². The van der Waals surface area contributed by atoms with Gasteiger partial charge < -0.3 is 4.57 Å². The Morgan fingerprint density at radius 2 is 2.00 bits per heavy atom. The molecule has 0 aliphatic heterocycles. The van der Waals surface area contributed by atoms with Crippen LogP contribution in [0.5, 0.6) is 0 Å². The molecule has 0 aromatic carbocycles. The molecule has 3 rings (SSSR count). The summed E-state index contributed by atoms with van der Waals surface area (Å²) in [6.45, 7) is 0.367. The van der Waals surface area contributed by atoms with E-state index >= 15 is 0 Å². The molecule has 21 heavy (non-hydrogen) atoms. The number of rotatable bonds is 3. The molecule has 0 unspecified atom stereocenters. The van der Waals surface area contributed by atoms with Crippen molar-refractivity contribution in [1.29, 1.82) is 0 Å². The van der Waals surface area contributed by atoms with Crippen molar-refractivity contribution in [3.8, 4) is 0 Å². The highest BCUT2D eigenvalue weighted by molar-refractivity contribution is 5.69. The van der Waals surface area contributed by atoms with Crippen molar-refractivity contribution in [1.82, 2.24) is 28.8 Å². The van der Waals surface area contributed by atoms with Gasteiger partial charge in [-0.3, -0.25) is 23.4 Å². The van der Waals surface area contributed by atoms with Crippen LogP contribution < -0.4 is 17.0 Å². The van der Waals surface area contributed by atoms with Crippen LogP contribution in [0, 0.1) is 0 Å². The van der Waals surface area contributed by atoms with Crippen LogP contribution in [0.15, 0.2) is 25.2 Å². The molecule has 10 nitrogen and oxygen atoms in total. The van der Waals surface area contributed by atoms with Crippen molar-refractivity contribution >= 4 is 11.2 Å². The predicted molar refractivity (Wildman–Crippen MR) is 71.0 cm³/mol. The zero-order chi connectivity index (χ0) is 15.1. The summed E-state index contributed by atoms with van der Waals surface area (Å²) in [7, 11) is 2.97. The number of imidazole rings is 1. The molecule has 3 aromatic rings. The fraction of sp³-hybridized carbons (Fsp3) is 0.364. The van der Waals surface area contributed by atoms with Crippen LogP contribution >= 0.6 is 0 Å². The van der Waals surface area contributed by atoms with E-state index < -0.39 is 17.0 Å². The zero-order valence-electron chi connectivity index (χ0n) is 11.4. The highest BCUT2D eigenvalue weighted by Crippen LogP contribution is 2.06. The number of H-pyrrole nitrogens is 1. The second-order valence-corrected chi connectivity index (χ2v) is 4.61. The van der Waals surface area contributed by atoms with Crippen LogP contribution in [-0.2, 0) is 27.1 Å².